The van der Waals surface area contributed by atoms with E-state index in [0.717, 1.165) is 29.7 Å². The molecule has 0 radical (unpaired) electrons. The van der Waals surface area contributed by atoms with Crippen LogP contribution in [0.3, 0.4) is 0 Å². The minimum atomic E-state index is -0.413. The van der Waals surface area contributed by atoms with Gasteiger partial charge in [-0.1, -0.05) is 50.2 Å². The third-order valence-corrected chi connectivity index (χ3v) is 5.84. The number of hydrogen-bond donors (Lipinski definition) is 0. The van der Waals surface area contributed by atoms with E-state index in [9.17, 15) is 9.59 Å². The van der Waals surface area contributed by atoms with Gasteiger partial charge in [0.15, 0.2) is 0 Å². The van der Waals surface area contributed by atoms with Crippen LogP contribution in [0, 0.1) is 0 Å². The zero-order valence-electron chi connectivity index (χ0n) is 15.2. The third kappa shape index (κ3) is 2.05. The SMILES string of the molecule is CCc1cc2c3c(c1)[C@](C)(c1ccccc1)CC(C)(C)N3C(=O)C2=O. The van der Waals surface area contributed by atoms with E-state index in [1.807, 2.05) is 12.1 Å². The first kappa shape index (κ1) is 16.1. The smallest absolute Gasteiger partial charge is 0.299 e. The predicted molar refractivity (Wildman–Crippen MR) is 99.2 cm³/mol. The number of nitrogens with zero attached hydrogens (tertiary/aromatic N) is 1. The van der Waals surface area contributed by atoms with Crippen molar-refractivity contribution in [3.63, 3.8) is 0 Å². The van der Waals surface area contributed by atoms with Crippen LogP contribution >= 0.6 is 0 Å². The van der Waals surface area contributed by atoms with E-state index in [2.05, 4.69) is 58.0 Å². The van der Waals surface area contributed by atoms with Gasteiger partial charge in [-0.3, -0.25) is 14.5 Å². The van der Waals surface area contributed by atoms with Gasteiger partial charge in [-0.2, -0.15) is 0 Å². The van der Waals surface area contributed by atoms with Gasteiger partial charge in [-0.25, -0.2) is 0 Å². The molecule has 0 unspecified atom stereocenters. The average molecular weight is 333 g/mol. The van der Waals surface area contributed by atoms with Crippen molar-refractivity contribution in [3.05, 3.63) is 64.7 Å². The molecule has 0 saturated carbocycles. The van der Waals surface area contributed by atoms with Crippen LogP contribution in [0.2, 0.25) is 0 Å². The van der Waals surface area contributed by atoms with Gasteiger partial charge in [0.1, 0.15) is 0 Å². The number of amides is 1. The Hall–Kier alpha value is -2.42. The minimum absolute atomic E-state index is 0.235. The maximum atomic E-state index is 12.7. The normalized spacial score (nSPS) is 23.8. The summed E-state index contributed by atoms with van der Waals surface area (Å²) >= 11 is 0. The first-order valence-electron chi connectivity index (χ1n) is 8.91. The lowest BCUT2D eigenvalue weighted by Gasteiger charge is -2.49. The van der Waals surface area contributed by atoms with Gasteiger partial charge in [-0.15, -0.1) is 0 Å². The van der Waals surface area contributed by atoms with Crippen LogP contribution in [0.5, 0.6) is 0 Å². The van der Waals surface area contributed by atoms with E-state index in [1.54, 1.807) is 4.90 Å². The maximum Gasteiger partial charge on any atom is 0.299 e. The van der Waals surface area contributed by atoms with E-state index in [4.69, 9.17) is 0 Å². The van der Waals surface area contributed by atoms with Crippen LogP contribution in [0.4, 0.5) is 5.69 Å². The maximum absolute atomic E-state index is 12.7. The van der Waals surface area contributed by atoms with Crippen molar-refractivity contribution in [1.29, 1.82) is 0 Å². The molecule has 2 aliphatic heterocycles. The van der Waals surface area contributed by atoms with Gasteiger partial charge < -0.3 is 0 Å². The Morgan fingerprint density at radius 3 is 2.36 bits per heavy atom. The quantitative estimate of drug-likeness (QED) is 0.770. The van der Waals surface area contributed by atoms with Crippen molar-refractivity contribution in [2.24, 2.45) is 0 Å². The number of ketones is 1. The van der Waals surface area contributed by atoms with Crippen molar-refractivity contribution in [2.45, 2.75) is 51.5 Å². The number of benzene rings is 2. The van der Waals surface area contributed by atoms with Crippen LogP contribution in [-0.4, -0.2) is 17.2 Å². The zero-order valence-corrected chi connectivity index (χ0v) is 15.2. The second kappa shape index (κ2) is 5.04. The van der Waals surface area contributed by atoms with Gasteiger partial charge in [-0.05, 0) is 49.4 Å². The molecule has 1 amide bonds. The fourth-order valence-corrected chi connectivity index (χ4v) is 4.73. The van der Waals surface area contributed by atoms with Crippen molar-refractivity contribution in [1.82, 2.24) is 0 Å². The van der Waals surface area contributed by atoms with Crippen molar-refractivity contribution in [3.8, 4) is 0 Å². The van der Waals surface area contributed by atoms with E-state index in [1.165, 1.54) is 5.56 Å². The molecule has 0 aromatic heterocycles. The Bertz CT molecular complexity index is 898. The number of carbonyl (C=O) groups is 2. The standard InChI is InChI=1S/C22H23NO2/c1-5-14-11-16-18-17(12-14)22(4,15-9-7-6-8-10-15)13-21(2,3)23(18)20(25)19(16)24/h6-12H,5,13H2,1-4H3/t22-/m0/s1. The average Bonchev–Trinajstić information content (AvgIpc) is 2.85. The largest absolute Gasteiger partial charge is 0.299 e. The highest BCUT2D eigenvalue weighted by Gasteiger charge is 2.53. The van der Waals surface area contributed by atoms with E-state index >= 15 is 0 Å². The van der Waals surface area contributed by atoms with Crippen LogP contribution in [0.15, 0.2) is 42.5 Å². The van der Waals surface area contributed by atoms with Crippen LogP contribution in [0.25, 0.3) is 0 Å². The fraction of sp³-hybridized carbons (Fsp3) is 0.364. The van der Waals surface area contributed by atoms with E-state index in [0.29, 0.717) is 5.56 Å². The summed E-state index contributed by atoms with van der Waals surface area (Å²) in [6.45, 7) is 8.44. The molecule has 1 atom stereocenters. The first-order valence-corrected chi connectivity index (χ1v) is 8.91. The summed E-state index contributed by atoms with van der Waals surface area (Å²) in [5.74, 6) is -0.749. The number of hydrogen-bond acceptors (Lipinski definition) is 2. The number of aryl methyl sites for hydroxylation is 1. The lowest BCUT2D eigenvalue weighted by Crippen LogP contribution is -2.54. The van der Waals surface area contributed by atoms with Gasteiger partial charge in [0.2, 0.25) is 0 Å². The molecule has 3 nitrogen and oxygen atoms in total. The monoisotopic (exact) mass is 333 g/mol. The molecule has 2 aromatic rings. The highest BCUT2D eigenvalue weighted by Crippen LogP contribution is 2.54. The summed E-state index contributed by atoms with van der Waals surface area (Å²) in [4.78, 5) is 27.1. The molecular weight excluding hydrogens is 310 g/mol. The molecule has 4 rings (SSSR count). The summed E-state index contributed by atoms with van der Waals surface area (Å²) in [6.07, 6.45) is 1.62. The van der Waals surface area contributed by atoms with Gasteiger partial charge >= 0.3 is 0 Å². The Balaban J connectivity index is 2.08. The molecule has 2 aromatic carbocycles. The van der Waals surface area contributed by atoms with Crippen molar-refractivity contribution >= 4 is 17.4 Å². The Labute approximate surface area is 148 Å². The molecular formula is C22H23NO2. The fourth-order valence-electron chi connectivity index (χ4n) is 4.73. The zero-order chi connectivity index (χ0) is 18.0. The van der Waals surface area contributed by atoms with E-state index in [-0.39, 0.29) is 17.1 Å². The Kier molecular flexibility index (Phi) is 3.24. The molecule has 0 bridgehead atoms. The molecule has 0 saturated heterocycles. The summed E-state index contributed by atoms with van der Waals surface area (Å²) < 4.78 is 0. The number of Topliss-reactive ketones (excluding diaryl/α,β-unsaturated/α-hetero) is 1. The molecule has 0 spiro atoms. The van der Waals surface area contributed by atoms with Gasteiger partial charge in [0.05, 0.1) is 11.3 Å². The summed E-state index contributed by atoms with van der Waals surface area (Å²) in [6, 6.07) is 14.5. The second-order valence-corrected chi connectivity index (χ2v) is 8.05. The molecule has 25 heavy (non-hydrogen) atoms. The van der Waals surface area contributed by atoms with Crippen LogP contribution in [0.1, 0.15) is 61.2 Å². The van der Waals surface area contributed by atoms with Crippen LogP contribution < -0.4 is 4.90 Å². The second-order valence-electron chi connectivity index (χ2n) is 8.05. The Morgan fingerprint density at radius 2 is 1.72 bits per heavy atom. The van der Waals surface area contributed by atoms with Crippen LogP contribution in [-0.2, 0) is 16.6 Å². The highest BCUT2D eigenvalue weighted by molar-refractivity contribution is 6.53. The summed E-state index contributed by atoms with van der Waals surface area (Å²) in [7, 11) is 0. The Morgan fingerprint density at radius 1 is 1.04 bits per heavy atom. The summed E-state index contributed by atoms with van der Waals surface area (Å²) in [5, 5.41) is 0. The molecule has 128 valence electrons. The van der Waals surface area contributed by atoms with Crippen molar-refractivity contribution in [2.75, 3.05) is 4.90 Å². The lowest BCUT2D eigenvalue weighted by molar-refractivity contribution is -0.115. The molecule has 0 N–H and O–H groups in total. The van der Waals surface area contributed by atoms with Crippen molar-refractivity contribution < 1.29 is 9.59 Å². The van der Waals surface area contributed by atoms with Gasteiger partial charge in [0, 0.05) is 11.0 Å². The topological polar surface area (TPSA) is 37.4 Å². The molecule has 0 fully saturated rings. The molecule has 2 aliphatic rings. The molecule has 0 aliphatic carbocycles. The molecule has 2 heterocycles. The highest BCUT2D eigenvalue weighted by atomic mass is 16.2. The first-order chi connectivity index (χ1) is 11.8. The minimum Gasteiger partial charge on any atom is -0.299 e. The third-order valence-electron chi connectivity index (χ3n) is 5.84. The number of rotatable bonds is 2. The summed E-state index contributed by atoms with van der Waals surface area (Å²) in [5.41, 5.74) is 4.20. The number of carbonyl (C=O) groups excluding carboxylic acids is 2. The van der Waals surface area contributed by atoms with Gasteiger partial charge in [0.25, 0.3) is 11.7 Å². The predicted octanol–water partition coefficient (Wildman–Crippen LogP) is 4.27. The molecule has 3 heteroatoms. The van der Waals surface area contributed by atoms with E-state index < -0.39 is 5.54 Å². The lowest BCUT2D eigenvalue weighted by atomic mass is 9.65. The number of anilines is 1.